The van der Waals surface area contributed by atoms with Crippen molar-refractivity contribution in [2.24, 2.45) is 11.8 Å². The topological polar surface area (TPSA) is 29.1 Å². The van der Waals surface area contributed by atoms with Crippen LogP contribution < -0.4 is 5.32 Å². The first-order valence-corrected chi connectivity index (χ1v) is 9.83. The van der Waals surface area contributed by atoms with Gasteiger partial charge < -0.3 is 5.32 Å². The Morgan fingerprint density at radius 3 is 2.36 bits per heavy atom. The predicted molar refractivity (Wildman–Crippen MR) is 105 cm³/mol. The summed E-state index contributed by atoms with van der Waals surface area (Å²) < 4.78 is 40.4. The van der Waals surface area contributed by atoms with Crippen LogP contribution in [0.25, 0.3) is 0 Å². The summed E-state index contributed by atoms with van der Waals surface area (Å²) >= 11 is 0. The van der Waals surface area contributed by atoms with Crippen LogP contribution in [0.1, 0.15) is 49.3 Å². The van der Waals surface area contributed by atoms with Crippen LogP contribution in [0.3, 0.4) is 0 Å². The van der Waals surface area contributed by atoms with Crippen LogP contribution in [0, 0.1) is 11.8 Å². The van der Waals surface area contributed by atoms with Crippen molar-refractivity contribution in [3.63, 3.8) is 0 Å². The number of rotatable bonds is 7. The van der Waals surface area contributed by atoms with Crippen LogP contribution in [0.5, 0.6) is 0 Å². The van der Waals surface area contributed by atoms with Crippen molar-refractivity contribution in [3.05, 3.63) is 65.2 Å². The number of aryl methyl sites for hydroxylation is 1. The third kappa shape index (κ3) is 5.15. The number of hydrogen-bond acceptors (Lipinski definition) is 1. The number of hydrogen-bond donors (Lipinski definition) is 1. The number of carbonyl (C=O) groups excluding carboxylic acids is 1. The van der Waals surface area contributed by atoms with E-state index in [1.54, 1.807) is 30.3 Å². The van der Waals surface area contributed by atoms with Gasteiger partial charge in [0.25, 0.3) is 0 Å². The summed E-state index contributed by atoms with van der Waals surface area (Å²) in [5, 5.41) is 2.72. The van der Waals surface area contributed by atoms with Crippen LogP contribution in [-0.4, -0.2) is 12.1 Å². The molecule has 1 saturated carbocycles. The molecule has 1 aliphatic carbocycles. The summed E-state index contributed by atoms with van der Waals surface area (Å²) in [6.07, 6.45) is -0.283. The molecule has 1 amide bonds. The number of nitrogens with one attached hydrogen (secondary N) is 1. The molecule has 2 aromatic carbocycles. The van der Waals surface area contributed by atoms with Crippen LogP contribution in [-0.2, 0) is 17.6 Å². The molecule has 2 atom stereocenters. The zero-order valence-corrected chi connectivity index (χ0v) is 16.2. The van der Waals surface area contributed by atoms with E-state index in [9.17, 15) is 18.0 Å². The lowest BCUT2D eigenvalue weighted by Crippen LogP contribution is -2.34. The fourth-order valence-corrected chi connectivity index (χ4v) is 3.47. The van der Waals surface area contributed by atoms with E-state index in [4.69, 9.17) is 0 Å². The average molecular weight is 389 g/mol. The Kier molecular flexibility index (Phi) is 6.11. The van der Waals surface area contributed by atoms with Gasteiger partial charge in [-0.1, -0.05) is 50.2 Å². The van der Waals surface area contributed by atoms with Crippen molar-refractivity contribution in [3.8, 4) is 0 Å². The smallest absolute Gasteiger partial charge is 0.326 e. The highest BCUT2D eigenvalue weighted by atomic mass is 19.4. The lowest BCUT2D eigenvalue weighted by molar-refractivity contribution is -0.178. The molecule has 0 spiro atoms. The van der Waals surface area contributed by atoms with Crippen LogP contribution in [0.4, 0.5) is 18.9 Å². The normalized spacial score (nSPS) is 16.5. The van der Waals surface area contributed by atoms with Crippen molar-refractivity contribution < 1.29 is 18.0 Å². The summed E-state index contributed by atoms with van der Waals surface area (Å²) in [5.41, 5.74) is 3.06. The van der Waals surface area contributed by atoms with Gasteiger partial charge in [-0.15, -0.1) is 0 Å². The van der Waals surface area contributed by atoms with Gasteiger partial charge in [0, 0.05) is 5.69 Å². The maximum Gasteiger partial charge on any atom is 0.392 e. The van der Waals surface area contributed by atoms with Gasteiger partial charge in [0.1, 0.15) is 0 Å². The predicted octanol–water partition coefficient (Wildman–Crippen LogP) is 6.12. The molecule has 0 saturated heterocycles. The molecular weight excluding hydrogens is 363 g/mol. The zero-order valence-electron chi connectivity index (χ0n) is 16.2. The number of carbonyl (C=O) groups is 1. The molecule has 1 aliphatic rings. The van der Waals surface area contributed by atoms with E-state index in [1.807, 2.05) is 25.1 Å². The second-order valence-corrected chi connectivity index (χ2v) is 7.74. The molecule has 0 radical (unpaired) electrons. The van der Waals surface area contributed by atoms with Gasteiger partial charge in [-0.25, -0.2) is 0 Å². The number of anilines is 1. The molecular formula is C23H26F3NO. The van der Waals surface area contributed by atoms with E-state index >= 15 is 0 Å². The monoisotopic (exact) mass is 389 g/mol. The summed E-state index contributed by atoms with van der Waals surface area (Å²) in [5.74, 6) is -3.01. The maximum absolute atomic E-state index is 13.5. The van der Waals surface area contributed by atoms with Crippen molar-refractivity contribution in [1.82, 2.24) is 0 Å². The van der Waals surface area contributed by atoms with Crippen LogP contribution in [0.2, 0.25) is 0 Å². The van der Waals surface area contributed by atoms with E-state index in [0.29, 0.717) is 17.2 Å². The van der Waals surface area contributed by atoms with Crippen molar-refractivity contribution in [2.45, 2.75) is 51.6 Å². The second kappa shape index (κ2) is 8.38. The van der Waals surface area contributed by atoms with E-state index in [1.165, 1.54) is 12.8 Å². The number of amides is 1. The van der Waals surface area contributed by atoms with Gasteiger partial charge in [-0.3, -0.25) is 4.79 Å². The summed E-state index contributed by atoms with van der Waals surface area (Å²) in [4.78, 5) is 12.9. The quantitative estimate of drug-likeness (QED) is 0.607. The van der Waals surface area contributed by atoms with Crippen molar-refractivity contribution in [2.75, 3.05) is 5.32 Å². The minimum absolute atomic E-state index is 0.383. The molecule has 0 aliphatic heterocycles. The summed E-state index contributed by atoms with van der Waals surface area (Å²) in [7, 11) is 0. The zero-order chi connectivity index (χ0) is 20.3. The van der Waals surface area contributed by atoms with Gasteiger partial charge in [-0.05, 0) is 60.4 Å². The SMILES string of the molecule is CCc1ccc(C(C(=O)Nc2cccc(CC3CC3)c2)C(C)C(F)(F)F)cc1. The molecule has 0 aromatic heterocycles. The molecule has 28 heavy (non-hydrogen) atoms. The first-order chi connectivity index (χ1) is 13.3. The third-order valence-electron chi connectivity index (χ3n) is 5.46. The Labute approximate surface area is 164 Å². The molecule has 2 nitrogen and oxygen atoms in total. The molecule has 0 heterocycles. The van der Waals surface area contributed by atoms with Gasteiger partial charge >= 0.3 is 6.18 Å². The molecule has 2 aromatic rings. The first-order valence-electron chi connectivity index (χ1n) is 9.83. The number of benzene rings is 2. The van der Waals surface area contributed by atoms with Gasteiger partial charge in [0.15, 0.2) is 0 Å². The molecule has 3 rings (SSSR count). The fraction of sp³-hybridized carbons (Fsp3) is 0.435. The van der Waals surface area contributed by atoms with E-state index in [0.717, 1.165) is 30.9 Å². The molecule has 0 bridgehead atoms. The summed E-state index contributed by atoms with van der Waals surface area (Å²) in [6, 6.07) is 14.3. The Morgan fingerprint density at radius 2 is 1.79 bits per heavy atom. The Morgan fingerprint density at radius 1 is 1.11 bits per heavy atom. The van der Waals surface area contributed by atoms with Crippen LogP contribution in [0.15, 0.2) is 48.5 Å². The number of halogens is 3. The standard InChI is InChI=1S/C23H26F3NO/c1-3-16-9-11-19(12-10-16)21(15(2)23(24,25)26)22(28)27-20-6-4-5-18(14-20)13-17-7-8-17/h4-6,9-12,14-15,17,21H,3,7-8,13H2,1-2H3,(H,27,28). The lowest BCUT2D eigenvalue weighted by atomic mass is 9.85. The minimum atomic E-state index is -4.46. The lowest BCUT2D eigenvalue weighted by Gasteiger charge is -2.26. The number of alkyl halides is 3. The average Bonchev–Trinajstić information content (AvgIpc) is 3.46. The highest BCUT2D eigenvalue weighted by molar-refractivity contribution is 5.96. The minimum Gasteiger partial charge on any atom is -0.326 e. The highest BCUT2D eigenvalue weighted by Crippen LogP contribution is 2.38. The molecule has 2 unspecified atom stereocenters. The van der Waals surface area contributed by atoms with Gasteiger partial charge in [-0.2, -0.15) is 13.2 Å². The van der Waals surface area contributed by atoms with Gasteiger partial charge in [0.2, 0.25) is 5.91 Å². The van der Waals surface area contributed by atoms with Gasteiger partial charge in [0.05, 0.1) is 11.8 Å². The van der Waals surface area contributed by atoms with E-state index in [2.05, 4.69) is 5.32 Å². The summed E-state index contributed by atoms with van der Waals surface area (Å²) in [6.45, 7) is 3.05. The molecule has 5 heteroatoms. The van der Waals surface area contributed by atoms with Crippen molar-refractivity contribution in [1.29, 1.82) is 0 Å². The first kappa shape index (κ1) is 20.4. The fourth-order valence-electron chi connectivity index (χ4n) is 3.47. The Hall–Kier alpha value is -2.30. The Balaban J connectivity index is 1.83. The molecule has 1 fully saturated rings. The van der Waals surface area contributed by atoms with E-state index < -0.39 is 23.9 Å². The molecule has 150 valence electrons. The largest absolute Gasteiger partial charge is 0.392 e. The Bertz CT molecular complexity index is 809. The van der Waals surface area contributed by atoms with E-state index in [-0.39, 0.29) is 0 Å². The third-order valence-corrected chi connectivity index (χ3v) is 5.46. The highest BCUT2D eigenvalue weighted by Gasteiger charge is 2.44. The molecule has 1 N–H and O–H groups in total. The second-order valence-electron chi connectivity index (χ2n) is 7.74. The maximum atomic E-state index is 13.5. The van der Waals surface area contributed by atoms with Crippen LogP contribution >= 0.6 is 0 Å². The van der Waals surface area contributed by atoms with Crippen molar-refractivity contribution >= 4 is 11.6 Å².